The summed E-state index contributed by atoms with van der Waals surface area (Å²) in [6.45, 7) is -1.63. The monoisotopic (exact) mass is 469 g/mol. The molecule has 33 heavy (non-hydrogen) atoms. The first kappa shape index (κ1) is 23.9. The largest absolute Gasteiger partial charge is 0.484 e. The first-order valence-corrected chi connectivity index (χ1v) is 9.42. The molecule has 3 aromatic rings. The second-order valence-electron chi connectivity index (χ2n) is 6.96. The zero-order valence-corrected chi connectivity index (χ0v) is 16.8. The van der Waals surface area contributed by atoms with E-state index in [9.17, 15) is 31.1 Å². The Kier molecular flexibility index (Phi) is 6.80. The number of halogens is 6. The Morgan fingerprint density at radius 1 is 1.00 bits per heavy atom. The van der Waals surface area contributed by atoms with Gasteiger partial charge in [0.25, 0.3) is 5.91 Å². The number of benzene rings is 2. The molecule has 0 radical (unpaired) electrons. The number of hydrogen-bond acceptors (Lipinski definition) is 4. The molecule has 1 heterocycles. The van der Waals surface area contributed by atoms with Gasteiger partial charge in [-0.3, -0.25) is 9.78 Å². The standard InChI is InChI=1S/C22H17F6N3O2/c23-21(24,25)12-33-16-4-5-18(29)17(10-16)19-9-14(6-7-30-19)20(32)31-11-13-2-1-3-15(8-13)22(26,27)28/h1-10H,11-12,29H2,(H,31,32). The molecule has 1 amide bonds. The van der Waals surface area contributed by atoms with Crippen LogP contribution in [0.15, 0.2) is 60.8 Å². The summed E-state index contributed by atoms with van der Waals surface area (Å²) in [7, 11) is 0. The van der Waals surface area contributed by atoms with E-state index in [0.29, 0.717) is 0 Å². The molecule has 0 aliphatic heterocycles. The number of nitrogens with two attached hydrogens (primary N) is 1. The number of pyridine rings is 1. The normalized spacial score (nSPS) is 11.8. The molecule has 0 bridgehead atoms. The number of nitrogen functional groups attached to an aromatic ring is 1. The highest BCUT2D eigenvalue weighted by atomic mass is 19.4. The predicted octanol–water partition coefficient (Wildman–Crippen LogP) is 5.22. The number of aromatic nitrogens is 1. The fourth-order valence-corrected chi connectivity index (χ4v) is 2.87. The smallest absolute Gasteiger partial charge is 0.422 e. The fraction of sp³-hybridized carbons (Fsp3) is 0.182. The molecular weight excluding hydrogens is 452 g/mol. The molecule has 5 nitrogen and oxygen atoms in total. The van der Waals surface area contributed by atoms with Crippen LogP contribution in [0.3, 0.4) is 0 Å². The van der Waals surface area contributed by atoms with Crippen LogP contribution in [0.2, 0.25) is 0 Å². The number of rotatable bonds is 6. The van der Waals surface area contributed by atoms with Gasteiger partial charge in [0.15, 0.2) is 6.61 Å². The molecule has 0 aliphatic carbocycles. The molecule has 0 aliphatic rings. The van der Waals surface area contributed by atoms with Gasteiger partial charge in [0.05, 0.1) is 11.3 Å². The van der Waals surface area contributed by atoms with Crippen LogP contribution < -0.4 is 15.8 Å². The van der Waals surface area contributed by atoms with Crippen LogP contribution in [0.5, 0.6) is 5.75 Å². The number of amides is 1. The van der Waals surface area contributed by atoms with Gasteiger partial charge in [-0.25, -0.2) is 0 Å². The van der Waals surface area contributed by atoms with Gasteiger partial charge in [0.2, 0.25) is 0 Å². The lowest BCUT2D eigenvalue weighted by molar-refractivity contribution is -0.153. The molecule has 0 unspecified atom stereocenters. The van der Waals surface area contributed by atoms with Crippen LogP contribution in [0.1, 0.15) is 21.5 Å². The average Bonchev–Trinajstić information content (AvgIpc) is 2.76. The third-order valence-electron chi connectivity index (χ3n) is 4.43. The summed E-state index contributed by atoms with van der Waals surface area (Å²) in [5, 5.41) is 2.52. The van der Waals surface area contributed by atoms with Crippen molar-refractivity contribution in [1.82, 2.24) is 10.3 Å². The Labute approximate surface area is 184 Å². The lowest BCUT2D eigenvalue weighted by atomic mass is 10.1. The van der Waals surface area contributed by atoms with Gasteiger partial charge >= 0.3 is 12.4 Å². The maximum absolute atomic E-state index is 12.8. The van der Waals surface area contributed by atoms with Gasteiger partial charge in [-0.2, -0.15) is 26.3 Å². The van der Waals surface area contributed by atoms with E-state index in [2.05, 4.69) is 10.3 Å². The Balaban J connectivity index is 1.75. The number of anilines is 1. The van der Waals surface area contributed by atoms with Crippen molar-refractivity contribution in [2.24, 2.45) is 0 Å². The quantitative estimate of drug-likeness (QED) is 0.383. The first-order chi connectivity index (χ1) is 15.4. The summed E-state index contributed by atoms with van der Waals surface area (Å²) < 4.78 is 80.4. The lowest BCUT2D eigenvalue weighted by Crippen LogP contribution is -2.23. The molecule has 0 atom stereocenters. The van der Waals surface area contributed by atoms with Crippen LogP contribution >= 0.6 is 0 Å². The third-order valence-corrected chi connectivity index (χ3v) is 4.43. The van der Waals surface area contributed by atoms with E-state index in [1.54, 1.807) is 0 Å². The summed E-state index contributed by atoms with van der Waals surface area (Å²) in [6, 6.07) is 11.2. The van der Waals surface area contributed by atoms with Crippen molar-refractivity contribution < 1.29 is 35.9 Å². The fourth-order valence-electron chi connectivity index (χ4n) is 2.87. The SMILES string of the molecule is Nc1ccc(OCC(F)(F)F)cc1-c1cc(C(=O)NCc2cccc(C(F)(F)F)c2)ccn1. The summed E-state index contributed by atoms with van der Waals surface area (Å²) in [4.78, 5) is 16.6. The zero-order valence-electron chi connectivity index (χ0n) is 16.8. The van der Waals surface area contributed by atoms with Gasteiger partial charge in [-0.05, 0) is 48.0 Å². The van der Waals surface area contributed by atoms with Crippen molar-refractivity contribution in [1.29, 1.82) is 0 Å². The molecule has 0 saturated carbocycles. The molecule has 2 aromatic carbocycles. The number of hydrogen-bond donors (Lipinski definition) is 2. The molecular formula is C22H17F6N3O2. The van der Waals surface area contributed by atoms with Crippen LogP contribution in [0.25, 0.3) is 11.3 Å². The van der Waals surface area contributed by atoms with E-state index in [0.717, 1.165) is 12.1 Å². The molecule has 3 N–H and O–H groups in total. The van der Waals surface area contributed by atoms with Crippen molar-refractivity contribution in [3.8, 4) is 17.0 Å². The van der Waals surface area contributed by atoms with E-state index < -0.39 is 30.4 Å². The van der Waals surface area contributed by atoms with Gasteiger partial charge in [-0.1, -0.05) is 12.1 Å². The zero-order chi connectivity index (χ0) is 24.2. The van der Waals surface area contributed by atoms with Crippen LogP contribution in [-0.4, -0.2) is 23.7 Å². The maximum atomic E-state index is 12.8. The van der Waals surface area contributed by atoms with Crippen molar-refractivity contribution >= 4 is 11.6 Å². The van der Waals surface area contributed by atoms with Gasteiger partial charge in [0.1, 0.15) is 5.75 Å². The minimum Gasteiger partial charge on any atom is -0.484 e. The van der Waals surface area contributed by atoms with Crippen LogP contribution in [0.4, 0.5) is 32.0 Å². The Morgan fingerprint density at radius 3 is 2.45 bits per heavy atom. The van der Waals surface area contributed by atoms with Crippen molar-refractivity contribution in [2.45, 2.75) is 18.9 Å². The number of carbonyl (C=O) groups excluding carboxylic acids is 1. The highest BCUT2D eigenvalue weighted by molar-refractivity contribution is 5.95. The summed E-state index contributed by atoms with van der Waals surface area (Å²) in [6.07, 6.45) is -7.72. The molecule has 1 aromatic heterocycles. The number of nitrogens with one attached hydrogen (secondary N) is 1. The Hall–Kier alpha value is -3.76. The van der Waals surface area contributed by atoms with E-state index >= 15 is 0 Å². The van der Waals surface area contributed by atoms with Crippen molar-refractivity contribution in [2.75, 3.05) is 12.3 Å². The van der Waals surface area contributed by atoms with Crippen LogP contribution in [0, 0.1) is 0 Å². The molecule has 0 fully saturated rings. The summed E-state index contributed by atoms with van der Waals surface area (Å²) >= 11 is 0. The second-order valence-corrected chi connectivity index (χ2v) is 6.96. The number of ether oxygens (including phenoxy) is 1. The van der Waals surface area contributed by atoms with E-state index in [1.165, 1.54) is 48.7 Å². The lowest BCUT2D eigenvalue weighted by Gasteiger charge is -2.12. The highest BCUT2D eigenvalue weighted by Crippen LogP contribution is 2.31. The Bertz CT molecular complexity index is 1150. The second kappa shape index (κ2) is 9.39. The molecule has 0 spiro atoms. The maximum Gasteiger partial charge on any atom is 0.422 e. The molecule has 0 saturated heterocycles. The topological polar surface area (TPSA) is 77.2 Å². The van der Waals surface area contributed by atoms with Gasteiger partial charge in [0, 0.05) is 29.6 Å². The number of carbonyl (C=O) groups is 1. The molecule has 174 valence electrons. The van der Waals surface area contributed by atoms with Gasteiger partial charge in [-0.15, -0.1) is 0 Å². The third kappa shape index (κ3) is 6.61. The van der Waals surface area contributed by atoms with E-state index in [-0.39, 0.29) is 40.4 Å². The minimum absolute atomic E-state index is 0.0854. The number of nitrogens with zero attached hydrogens (tertiary/aromatic N) is 1. The highest BCUT2D eigenvalue weighted by Gasteiger charge is 2.30. The van der Waals surface area contributed by atoms with Gasteiger partial charge < -0.3 is 15.8 Å². The predicted molar refractivity (Wildman–Crippen MR) is 108 cm³/mol. The molecule has 11 heteroatoms. The Morgan fingerprint density at radius 2 is 1.76 bits per heavy atom. The summed E-state index contributed by atoms with van der Waals surface area (Å²) in [5.74, 6) is -0.670. The number of alkyl halides is 6. The average molecular weight is 469 g/mol. The minimum atomic E-state index is -4.52. The first-order valence-electron chi connectivity index (χ1n) is 9.42. The van der Waals surface area contributed by atoms with E-state index in [4.69, 9.17) is 10.5 Å². The van der Waals surface area contributed by atoms with E-state index in [1.807, 2.05) is 0 Å². The van der Waals surface area contributed by atoms with Crippen molar-refractivity contribution in [3.05, 3.63) is 77.5 Å². The van der Waals surface area contributed by atoms with Crippen molar-refractivity contribution in [3.63, 3.8) is 0 Å². The van der Waals surface area contributed by atoms with Crippen LogP contribution in [-0.2, 0) is 12.7 Å². The summed E-state index contributed by atoms with van der Waals surface area (Å²) in [5.41, 5.74) is 6.12. The molecule has 3 rings (SSSR count).